The number of carbonyl (C=O) groups is 2. The molecule has 0 aromatic rings. The van der Waals surface area contributed by atoms with Crippen molar-refractivity contribution in [2.75, 3.05) is 34.2 Å². The van der Waals surface area contributed by atoms with E-state index in [4.69, 9.17) is 4.84 Å². The highest BCUT2D eigenvalue weighted by molar-refractivity contribution is 5.83. The molecule has 2 N–H and O–H groups in total. The first-order chi connectivity index (χ1) is 19.7. The van der Waals surface area contributed by atoms with Crippen LogP contribution in [0.2, 0.25) is 0 Å². The fraction of sp³-hybridized carbons (Fsp3) is 0.889. The lowest BCUT2D eigenvalue weighted by Crippen LogP contribution is -3.00. The lowest BCUT2D eigenvalue weighted by molar-refractivity contribution is -0.869. The van der Waals surface area contributed by atoms with Gasteiger partial charge < -0.3 is 33.8 Å². The Morgan fingerprint density at radius 2 is 1.70 bits per heavy atom. The average molecular weight is 714 g/mol. The Balaban J connectivity index is 0.00000506. The van der Waals surface area contributed by atoms with E-state index in [9.17, 15) is 9.59 Å². The van der Waals surface area contributed by atoms with Gasteiger partial charge in [0.05, 0.1) is 40.3 Å². The van der Waals surface area contributed by atoms with Crippen molar-refractivity contribution >= 4 is 11.8 Å². The maximum Gasteiger partial charge on any atom is 0.244 e. The van der Waals surface area contributed by atoms with Crippen LogP contribution >= 0.6 is 0 Å². The van der Waals surface area contributed by atoms with Crippen LogP contribution in [0.15, 0.2) is 11.6 Å². The molecule has 0 aliphatic heterocycles. The topological polar surface area (TPSA) is 67.4 Å². The van der Waals surface area contributed by atoms with Gasteiger partial charge in [0.1, 0.15) is 0 Å². The van der Waals surface area contributed by atoms with Crippen molar-refractivity contribution in [3.05, 3.63) is 11.6 Å². The van der Waals surface area contributed by atoms with Gasteiger partial charge in [-0.25, -0.2) is 5.48 Å². The van der Waals surface area contributed by atoms with Crippen molar-refractivity contribution in [3.63, 3.8) is 0 Å². The summed E-state index contributed by atoms with van der Waals surface area (Å²) in [5, 5.41) is 2.91. The van der Waals surface area contributed by atoms with E-state index in [-0.39, 0.29) is 60.2 Å². The summed E-state index contributed by atoms with van der Waals surface area (Å²) in [5.74, 6) is 4.78. The number of hydrogen-bond acceptors (Lipinski definition) is 3. The molecule has 0 aromatic heterocycles. The number of hydrogen-bond donors (Lipinski definition) is 2. The molecule has 0 aromatic carbocycles. The number of amides is 2. The van der Waals surface area contributed by atoms with Gasteiger partial charge in [0, 0.05) is 12.8 Å². The fourth-order valence-corrected chi connectivity index (χ4v) is 9.80. The maximum absolute atomic E-state index is 12.4. The summed E-state index contributed by atoms with van der Waals surface area (Å²) in [4.78, 5) is 30.5. The molecule has 4 aliphatic rings. The van der Waals surface area contributed by atoms with Crippen LogP contribution in [0.4, 0.5) is 0 Å². The first-order valence-electron chi connectivity index (χ1n) is 17.4. The Morgan fingerprint density at radius 1 is 0.977 bits per heavy atom. The van der Waals surface area contributed by atoms with Gasteiger partial charge in [-0.2, -0.15) is 0 Å². The largest absolute Gasteiger partial charge is 1.00 e. The summed E-state index contributed by atoms with van der Waals surface area (Å²) in [6.45, 7) is 14.0. The molecule has 0 radical (unpaired) electrons. The number of allylic oxidation sites excluding steroid dienone is 1. The van der Waals surface area contributed by atoms with Gasteiger partial charge in [-0.1, -0.05) is 65.5 Å². The van der Waals surface area contributed by atoms with Crippen LogP contribution in [0.5, 0.6) is 0 Å². The zero-order chi connectivity index (χ0) is 30.7. The van der Waals surface area contributed by atoms with Crippen LogP contribution in [0, 0.1) is 46.3 Å². The molecule has 0 bridgehead atoms. The van der Waals surface area contributed by atoms with E-state index in [1.54, 1.807) is 5.57 Å². The molecule has 4 rings (SSSR count). The SMILES string of the molecule is CC(C)CCC[C@@H](C)[C@H]1CC[C@H]2[C@@H]3CC=C4C[C@@H](ONC(=O)CCC(=O)NCC[N+](C)(C)C)CC[C@]4(C)[C@H]3CC[C@]12C.[I-]. The van der Waals surface area contributed by atoms with Crippen LogP contribution in [0.25, 0.3) is 0 Å². The van der Waals surface area contributed by atoms with Crippen molar-refractivity contribution in [3.8, 4) is 0 Å². The van der Waals surface area contributed by atoms with Crippen LogP contribution < -0.4 is 34.8 Å². The van der Waals surface area contributed by atoms with E-state index in [1.165, 1.54) is 51.4 Å². The number of hydroxylamine groups is 1. The highest BCUT2D eigenvalue weighted by atomic mass is 127. The molecular formula is C36H64IN3O3. The van der Waals surface area contributed by atoms with E-state index >= 15 is 0 Å². The van der Waals surface area contributed by atoms with Gasteiger partial charge in [-0.15, -0.1) is 0 Å². The minimum atomic E-state index is -0.205. The Bertz CT molecular complexity index is 977. The molecular weight excluding hydrogens is 649 g/mol. The number of likely N-dealkylation sites (N-methyl/N-ethyl adjacent to an activating group) is 1. The molecule has 2 amide bonds. The number of carbonyl (C=O) groups excluding carboxylic acids is 2. The molecule has 3 saturated carbocycles. The van der Waals surface area contributed by atoms with Gasteiger partial charge >= 0.3 is 0 Å². The van der Waals surface area contributed by atoms with E-state index in [0.717, 1.165) is 65.8 Å². The second kappa shape index (κ2) is 15.3. The Hall–Kier alpha value is -0.670. The minimum Gasteiger partial charge on any atom is -1.00 e. The molecule has 3 fully saturated rings. The molecule has 0 saturated heterocycles. The summed E-state index contributed by atoms with van der Waals surface area (Å²) in [5.41, 5.74) is 5.05. The molecule has 43 heavy (non-hydrogen) atoms. The highest BCUT2D eigenvalue weighted by Gasteiger charge is 2.59. The lowest BCUT2D eigenvalue weighted by Gasteiger charge is -2.58. The van der Waals surface area contributed by atoms with Gasteiger partial charge in [0.2, 0.25) is 11.8 Å². The second-order valence-corrected chi connectivity index (χ2v) is 16.7. The Kier molecular flexibility index (Phi) is 13.1. The van der Waals surface area contributed by atoms with Gasteiger partial charge in [-0.3, -0.25) is 14.4 Å². The normalized spacial score (nSPS) is 34.3. The first kappa shape index (κ1) is 36.8. The standard InChI is InChI=1S/C36H63N3O3.HI/c1-25(2)10-9-11-26(3)30-14-15-31-29-13-12-27-24-28(18-20-35(27,4)32(29)19-21-36(30,31)5)42-38-34(41)17-16-33(40)37-22-23-39(6,7)8;/h12,25-26,28-32H,9-11,13-24H2,1-8H3,(H-,37,38,40,41);1H/t26-,28+,29+,30-,31+,32+,35+,36-;/m1./s1. The summed E-state index contributed by atoms with van der Waals surface area (Å²) >= 11 is 0. The monoisotopic (exact) mass is 713 g/mol. The summed E-state index contributed by atoms with van der Waals surface area (Å²) in [6.07, 6.45) is 17.1. The third-order valence-corrected chi connectivity index (χ3v) is 12.3. The van der Waals surface area contributed by atoms with Crippen molar-refractivity contribution < 1.29 is 42.9 Å². The number of fused-ring (bicyclic) bond motifs is 5. The zero-order valence-electron chi connectivity index (χ0n) is 28.8. The van der Waals surface area contributed by atoms with Crippen molar-refractivity contribution in [1.29, 1.82) is 0 Å². The van der Waals surface area contributed by atoms with Crippen molar-refractivity contribution in [2.45, 2.75) is 124 Å². The molecule has 248 valence electrons. The summed E-state index contributed by atoms with van der Waals surface area (Å²) in [6, 6.07) is 0. The third-order valence-electron chi connectivity index (χ3n) is 12.3. The van der Waals surface area contributed by atoms with E-state index < -0.39 is 0 Å². The number of nitrogens with zero attached hydrogens (tertiary/aromatic N) is 1. The molecule has 7 heteroatoms. The number of nitrogens with one attached hydrogen (secondary N) is 2. The van der Waals surface area contributed by atoms with Crippen LogP contribution in [0.3, 0.4) is 0 Å². The Morgan fingerprint density at radius 3 is 2.40 bits per heavy atom. The number of rotatable bonds is 13. The predicted molar refractivity (Wildman–Crippen MR) is 171 cm³/mol. The smallest absolute Gasteiger partial charge is 0.244 e. The fourth-order valence-electron chi connectivity index (χ4n) is 9.80. The third kappa shape index (κ3) is 8.99. The minimum absolute atomic E-state index is 0. The second-order valence-electron chi connectivity index (χ2n) is 16.7. The molecule has 4 aliphatic carbocycles. The van der Waals surface area contributed by atoms with Gasteiger partial charge in [0.25, 0.3) is 0 Å². The van der Waals surface area contributed by atoms with E-state index in [2.05, 4.69) is 72.6 Å². The van der Waals surface area contributed by atoms with Crippen LogP contribution in [-0.2, 0) is 14.4 Å². The predicted octanol–water partition coefficient (Wildman–Crippen LogP) is 4.05. The summed E-state index contributed by atoms with van der Waals surface area (Å²) < 4.78 is 0.797. The summed E-state index contributed by atoms with van der Waals surface area (Å²) in [7, 11) is 6.29. The van der Waals surface area contributed by atoms with Crippen molar-refractivity contribution in [2.24, 2.45) is 46.3 Å². The van der Waals surface area contributed by atoms with E-state index in [1.807, 2.05) is 0 Å². The molecule has 0 unspecified atom stereocenters. The van der Waals surface area contributed by atoms with Gasteiger partial charge in [0.15, 0.2) is 0 Å². The van der Waals surface area contributed by atoms with Crippen LogP contribution in [0.1, 0.15) is 118 Å². The number of quaternary nitrogens is 1. The first-order valence-corrected chi connectivity index (χ1v) is 17.4. The molecule has 6 nitrogen and oxygen atoms in total. The van der Waals surface area contributed by atoms with Gasteiger partial charge in [-0.05, 0) is 97.7 Å². The van der Waals surface area contributed by atoms with Crippen LogP contribution in [-0.4, -0.2) is 56.6 Å². The quantitative estimate of drug-likeness (QED) is 0.131. The molecule has 8 atom stereocenters. The zero-order valence-corrected chi connectivity index (χ0v) is 30.9. The average Bonchev–Trinajstić information content (AvgIpc) is 3.27. The molecule has 0 heterocycles. The highest BCUT2D eigenvalue weighted by Crippen LogP contribution is 2.67. The lowest BCUT2D eigenvalue weighted by atomic mass is 9.47. The maximum atomic E-state index is 12.4. The Labute approximate surface area is 280 Å². The molecule has 0 spiro atoms. The van der Waals surface area contributed by atoms with Crippen molar-refractivity contribution in [1.82, 2.24) is 10.8 Å². The van der Waals surface area contributed by atoms with E-state index in [0.29, 0.717) is 12.0 Å². The number of halogens is 1.